The van der Waals surface area contributed by atoms with E-state index in [9.17, 15) is 9.18 Å². The molecule has 1 amide bonds. The standard InChI is InChI=1S/C15H13FINO2/c1-18(11-4-3-5-12(9-11)20-2)15(19)13-7-6-10(16)8-14(13)17/h3-9H,1-2H3. The number of methoxy groups -OCH3 is 1. The van der Waals surface area contributed by atoms with Gasteiger partial charge in [0, 0.05) is 22.4 Å². The SMILES string of the molecule is COc1cccc(N(C)C(=O)c2ccc(F)cc2I)c1. The minimum Gasteiger partial charge on any atom is -0.497 e. The van der Waals surface area contributed by atoms with Gasteiger partial charge < -0.3 is 9.64 Å². The molecule has 0 aliphatic heterocycles. The normalized spacial score (nSPS) is 10.2. The van der Waals surface area contributed by atoms with Crippen LogP contribution in [0.15, 0.2) is 42.5 Å². The summed E-state index contributed by atoms with van der Waals surface area (Å²) in [5.74, 6) is 0.133. The van der Waals surface area contributed by atoms with Gasteiger partial charge in [0.05, 0.1) is 12.7 Å². The van der Waals surface area contributed by atoms with Crippen LogP contribution in [-0.2, 0) is 0 Å². The second-order valence-electron chi connectivity index (χ2n) is 4.19. The minimum atomic E-state index is -0.352. The van der Waals surface area contributed by atoms with Gasteiger partial charge >= 0.3 is 0 Å². The lowest BCUT2D eigenvalue weighted by Gasteiger charge is -2.18. The Bertz CT molecular complexity index is 646. The van der Waals surface area contributed by atoms with Crippen molar-refractivity contribution in [3.05, 3.63) is 57.4 Å². The molecule has 0 aliphatic carbocycles. The zero-order chi connectivity index (χ0) is 14.7. The number of anilines is 1. The van der Waals surface area contributed by atoms with Crippen molar-refractivity contribution in [3.63, 3.8) is 0 Å². The fraction of sp³-hybridized carbons (Fsp3) is 0.133. The van der Waals surface area contributed by atoms with E-state index < -0.39 is 0 Å². The summed E-state index contributed by atoms with van der Waals surface area (Å²) in [4.78, 5) is 13.9. The summed E-state index contributed by atoms with van der Waals surface area (Å²) in [6.45, 7) is 0. The first-order valence-electron chi connectivity index (χ1n) is 5.90. The molecule has 20 heavy (non-hydrogen) atoms. The molecule has 0 fully saturated rings. The molecule has 2 aromatic carbocycles. The van der Waals surface area contributed by atoms with Gasteiger partial charge in [0.15, 0.2) is 0 Å². The molecule has 2 rings (SSSR count). The van der Waals surface area contributed by atoms with E-state index in [1.165, 1.54) is 23.1 Å². The van der Waals surface area contributed by atoms with Gasteiger partial charge in [-0.15, -0.1) is 0 Å². The number of amides is 1. The second kappa shape index (κ2) is 6.21. The first kappa shape index (κ1) is 14.8. The van der Waals surface area contributed by atoms with Gasteiger partial charge in [-0.3, -0.25) is 4.79 Å². The number of rotatable bonds is 3. The van der Waals surface area contributed by atoms with Crippen molar-refractivity contribution < 1.29 is 13.9 Å². The monoisotopic (exact) mass is 385 g/mol. The van der Waals surface area contributed by atoms with Crippen molar-refractivity contribution in [2.45, 2.75) is 0 Å². The number of hydrogen-bond acceptors (Lipinski definition) is 2. The zero-order valence-corrected chi connectivity index (χ0v) is 13.2. The first-order chi connectivity index (χ1) is 9.52. The van der Waals surface area contributed by atoms with Crippen molar-refractivity contribution >= 4 is 34.2 Å². The van der Waals surface area contributed by atoms with Gasteiger partial charge in [0.1, 0.15) is 11.6 Å². The lowest BCUT2D eigenvalue weighted by molar-refractivity contribution is 0.0992. The van der Waals surface area contributed by atoms with Crippen molar-refractivity contribution in [3.8, 4) is 5.75 Å². The van der Waals surface area contributed by atoms with E-state index in [-0.39, 0.29) is 11.7 Å². The van der Waals surface area contributed by atoms with Crippen molar-refractivity contribution in [1.29, 1.82) is 0 Å². The lowest BCUT2D eigenvalue weighted by atomic mass is 10.2. The molecule has 104 valence electrons. The van der Waals surface area contributed by atoms with Crippen LogP contribution in [0.2, 0.25) is 0 Å². The summed E-state index contributed by atoms with van der Waals surface area (Å²) in [7, 11) is 3.25. The highest BCUT2D eigenvalue weighted by atomic mass is 127. The summed E-state index contributed by atoms with van der Waals surface area (Å²) >= 11 is 1.96. The fourth-order valence-electron chi connectivity index (χ4n) is 1.78. The third-order valence-electron chi connectivity index (χ3n) is 2.91. The summed E-state index contributed by atoms with van der Waals surface area (Å²) in [5.41, 5.74) is 1.19. The number of halogens is 2. The van der Waals surface area contributed by atoms with E-state index in [0.717, 1.165) is 5.69 Å². The summed E-state index contributed by atoms with van der Waals surface area (Å²) < 4.78 is 18.8. The Balaban J connectivity index is 2.32. The molecular weight excluding hydrogens is 372 g/mol. The van der Waals surface area contributed by atoms with E-state index in [0.29, 0.717) is 14.9 Å². The van der Waals surface area contributed by atoms with Gasteiger partial charge in [-0.25, -0.2) is 4.39 Å². The zero-order valence-electron chi connectivity index (χ0n) is 11.1. The highest BCUT2D eigenvalue weighted by Crippen LogP contribution is 2.23. The quantitative estimate of drug-likeness (QED) is 0.754. The average Bonchev–Trinajstić information content (AvgIpc) is 2.46. The van der Waals surface area contributed by atoms with Crippen LogP contribution in [0.3, 0.4) is 0 Å². The van der Waals surface area contributed by atoms with Crippen LogP contribution in [0.25, 0.3) is 0 Å². The van der Waals surface area contributed by atoms with E-state index in [4.69, 9.17) is 4.74 Å². The largest absolute Gasteiger partial charge is 0.497 e. The van der Waals surface area contributed by atoms with Crippen molar-refractivity contribution in [2.24, 2.45) is 0 Å². The summed E-state index contributed by atoms with van der Waals surface area (Å²) in [6.07, 6.45) is 0. The summed E-state index contributed by atoms with van der Waals surface area (Å²) in [6, 6.07) is 11.3. The Morgan fingerprint density at radius 3 is 2.65 bits per heavy atom. The topological polar surface area (TPSA) is 29.5 Å². The van der Waals surface area contributed by atoms with Crippen LogP contribution in [-0.4, -0.2) is 20.1 Å². The molecule has 0 aromatic heterocycles. The van der Waals surface area contributed by atoms with Crippen LogP contribution >= 0.6 is 22.6 Å². The maximum Gasteiger partial charge on any atom is 0.259 e. The van der Waals surface area contributed by atoms with Crippen LogP contribution in [0, 0.1) is 9.39 Å². The predicted molar refractivity (Wildman–Crippen MR) is 84.8 cm³/mol. The van der Waals surface area contributed by atoms with E-state index in [2.05, 4.69) is 0 Å². The molecule has 0 aliphatic rings. The van der Waals surface area contributed by atoms with Gasteiger partial charge in [-0.2, -0.15) is 0 Å². The number of hydrogen-bond donors (Lipinski definition) is 0. The molecule has 2 aromatic rings. The Hall–Kier alpha value is -1.63. The van der Waals surface area contributed by atoms with Gasteiger partial charge in [0.25, 0.3) is 5.91 Å². The molecule has 0 N–H and O–H groups in total. The van der Waals surface area contributed by atoms with Gasteiger partial charge in [0.2, 0.25) is 0 Å². The molecule has 0 bridgehead atoms. The molecule has 0 spiro atoms. The molecule has 0 saturated heterocycles. The van der Waals surface area contributed by atoms with Crippen LogP contribution < -0.4 is 9.64 Å². The molecule has 0 atom stereocenters. The fourth-order valence-corrected chi connectivity index (χ4v) is 2.49. The van der Waals surface area contributed by atoms with Crippen LogP contribution in [0.1, 0.15) is 10.4 Å². The van der Waals surface area contributed by atoms with E-state index >= 15 is 0 Å². The number of carbonyl (C=O) groups excluding carboxylic acids is 1. The van der Waals surface area contributed by atoms with Gasteiger partial charge in [-0.05, 0) is 52.9 Å². The molecular formula is C15H13FINO2. The van der Waals surface area contributed by atoms with Crippen LogP contribution in [0.5, 0.6) is 5.75 Å². The number of ether oxygens (including phenoxy) is 1. The minimum absolute atomic E-state index is 0.192. The second-order valence-corrected chi connectivity index (χ2v) is 5.35. The van der Waals surface area contributed by atoms with Crippen LogP contribution in [0.4, 0.5) is 10.1 Å². The maximum atomic E-state index is 13.1. The highest BCUT2D eigenvalue weighted by Gasteiger charge is 2.17. The molecule has 0 saturated carbocycles. The Morgan fingerprint density at radius 2 is 2.00 bits per heavy atom. The Kier molecular flexibility index (Phi) is 4.59. The lowest BCUT2D eigenvalue weighted by Crippen LogP contribution is -2.27. The molecule has 0 heterocycles. The average molecular weight is 385 g/mol. The van der Waals surface area contributed by atoms with Crippen molar-refractivity contribution in [1.82, 2.24) is 0 Å². The number of nitrogens with zero attached hydrogens (tertiary/aromatic N) is 1. The maximum absolute atomic E-state index is 13.1. The summed E-state index contributed by atoms with van der Waals surface area (Å²) in [5, 5.41) is 0. The third-order valence-corrected chi connectivity index (χ3v) is 3.80. The molecule has 0 unspecified atom stereocenters. The molecule has 3 nitrogen and oxygen atoms in total. The van der Waals surface area contributed by atoms with E-state index in [1.54, 1.807) is 20.2 Å². The smallest absolute Gasteiger partial charge is 0.259 e. The molecule has 5 heteroatoms. The first-order valence-corrected chi connectivity index (χ1v) is 6.98. The Labute approximate surface area is 130 Å². The Morgan fingerprint density at radius 1 is 1.25 bits per heavy atom. The number of benzene rings is 2. The third kappa shape index (κ3) is 3.09. The number of carbonyl (C=O) groups is 1. The van der Waals surface area contributed by atoms with E-state index in [1.807, 2.05) is 40.8 Å². The predicted octanol–water partition coefficient (Wildman–Crippen LogP) is 3.72. The van der Waals surface area contributed by atoms with Crippen molar-refractivity contribution in [2.75, 3.05) is 19.1 Å². The highest BCUT2D eigenvalue weighted by molar-refractivity contribution is 14.1. The molecule has 0 radical (unpaired) electrons. The van der Waals surface area contributed by atoms with Gasteiger partial charge in [-0.1, -0.05) is 6.07 Å².